The molecule has 2 aromatic rings. The number of carbonyl (C=O) groups excluding carboxylic acids is 2. The fourth-order valence-electron chi connectivity index (χ4n) is 5.09. The summed E-state index contributed by atoms with van der Waals surface area (Å²) < 4.78 is 2.23. The van der Waals surface area contributed by atoms with Crippen molar-refractivity contribution in [2.45, 2.75) is 26.8 Å². The maximum absolute atomic E-state index is 12.8. The van der Waals surface area contributed by atoms with Gasteiger partial charge in [0.25, 0.3) is 11.8 Å². The minimum Gasteiger partial charge on any atom is -0.344 e. The first kappa shape index (κ1) is 17.2. The van der Waals surface area contributed by atoms with E-state index in [9.17, 15) is 9.59 Å². The number of amides is 2. The van der Waals surface area contributed by atoms with Crippen LogP contribution in [0.2, 0.25) is 0 Å². The van der Waals surface area contributed by atoms with Gasteiger partial charge >= 0.3 is 0 Å². The Balaban J connectivity index is 1.38. The van der Waals surface area contributed by atoms with Crippen LogP contribution < -0.4 is 0 Å². The molecule has 1 saturated carbocycles. The predicted molar refractivity (Wildman–Crippen MR) is 107 cm³/mol. The predicted octanol–water partition coefficient (Wildman–Crippen LogP) is 3.29. The maximum atomic E-state index is 12.8. The van der Waals surface area contributed by atoms with Gasteiger partial charge in [-0.25, -0.2) is 0 Å². The van der Waals surface area contributed by atoms with E-state index in [0.717, 1.165) is 34.9 Å². The van der Waals surface area contributed by atoms with Crippen LogP contribution in [0.15, 0.2) is 53.7 Å². The summed E-state index contributed by atoms with van der Waals surface area (Å²) in [6.07, 6.45) is 6.80. The Labute approximate surface area is 164 Å². The average Bonchev–Trinajstić information content (AvgIpc) is 3.43. The van der Waals surface area contributed by atoms with Gasteiger partial charge in [0.2, 0.25) is 0 Å². The molecule has 2 heterocycles. The number of rotatable bonds is 4. The zero-order valence-electron chi connectivity index (χ0n) is 16.1. The number of fused-ring (bicyclic) bond motifs is 5. The molecule has 2 amide bonds. The molecular formula is C23H23N3O2. The summed E-state index contributed by atoms with van der Waals surface area (Å²) in [7, 11) is 0. The topological polar surface area (TPSA) is 54.7 Å². The lowest BCUT2D eigenvalue weighted by Gasteiger charge is -2.13. The van der Waals surface area contributed by atoms with Gasteiger partial charge < -0.3 is 4.57 Å². The summed E-state index contributed by atoms with van der Waals surface area (Å²) in [4.78, 5) is 25.5. The molecule has 0 N–H and O–H groups in total. The van der Waals surface area contributed by atoms with Gasteiger partial charge in [0, 0.05) is 23.5 Å². The highest BCUT2D eigenvalue weighted by Gasteiger charge is 2.59. The van der Waals surface area contributed by atoms with Gasteiger partial charge in [-0.2, -0.15) is 10.1 Å². The highest BCUT2D eigenvalue weighted by molar-refractivity contribution is 6.06. The fraction of sp³-hybridized carbons (Fsp3) is 0.348. The third-order valence-electron chi connectivity index (χ3n) is 6.56. The number of hydrogen-bond donors (Lipinski definition) is 0. The van der Waals surface area contributed by atoms with Crippen LogP contribution >= 0.6 is 0 Å². The highest BCUT2D eigenvalue weighted by atomic mass is 16.2. The van der Waals surface area contributed by atoms with E-state index in [1.54, 1.807) is 6.21 Å². The second-order valence-electron chi connectivity index (χ2n) is 8.13. The minimum absolute atomic E-state index is 0.138. The molecule has 2 fully saturated rings. The third-order valence-corrected chi connectivity index (χ3v) is 6.56. The van der Waals surface area contributed by atoms with Crippen LogP contribution in [0.1, 0.15) is 28.9 Å². The Morgan fingerprint density at radius 1 is 1.04 bits per heavy atom. The molecule has 4 atom stereocenters. The second kappa shape index (κ2) is 6.30. The normalized spacial score (nSPS) is 28.1. The molecule has 1 aliphatic heterocycles. The van der Waals surface area contributed by atoms with E-state index in [2.05, 4.69) is 46.9 Å². The lowest BCUT2D eigenvalue weighted by atomic mass is 9.85. The molecule has 28 heavy (non-hydrogen) atoms. The van der Waals surface area contributed by atoms with Crippen LogP contribution in [0.3, 0.4) is 0 Å². The van der Waals surface area contributed by atoms with E-state index in [1.165, 1.54) is 5.56 Å². The van der Waals surface area contributed by atoms with Crippen molar-refractivity contribution in [3.05, 3.63) is 71.1 Å². The maximum Gasteiger partial charge on any atom is 0.254 e. The Morgan fingerprint density at radius 2 is 1.68 bits per heavy atom. The quantitative estimate of drug-likeness (QED) is 0.469. The molecule has 2 bridgehead atoms. The molecule has 0 radical (unpaired) electrons. The monoisotopic (exact) mass is 373 g/mol. The summed E-state index contributed by atoms with van der Waals surface area (Å²) in [5, 5.41) is 5.44. The number of aryl methyl sites for hydroxylation is 1. The van der Waals surface area contributed by atoms with Crippen molar-refractivity contribution in [3.63, 3.8) is 0 Å². The average molecular weight is 373 g/mol. The van der Waals surface area contributed by atoms with Crippen molar-refractivity contribution < 1.29 is 9.59 Å². The highest BCUT2D eigenvalue weighted by Crippen LogP contribution is 2.52. The second-order valence-corrected chi connectivity index (χ2v) is 8.13. The first-order valence-corrected chi connectivity index (χ1v) is 9.85. The molecule has 5 nitrogen and oxygen atoms in total. The molecule has 5 heteroatoms. The summed E-state index contributed by atoms with van der Waals surface area (Å²) in [6, 6.07) is 12.4. The van der Waals surface area contributed by atoms with Crippen LogP contribution in [-0.4, -0.2) is 27.6 Å². The lowest BCUT2D eigenvalue weighted by Crippen LogP contribution is -2.28. The van der Waals surface area contributed by atoms with E-state index < -0.39 is 0 Å². The summed E-state index contributed by atoms with van der Waals surface area (Å²) in [6.45, 7) is 4.89. The van der Waals surface area contributed by atoms with Gasteiger partial charge in [0.15, 0.2) is 0 Å². The Hall–Kier alpha value is -2.95. The number of carbonyl (C=O) groups is 2. The van der Waals surface area contributed by atoms with Gasteiger partial charge in [-0.1, -0.05) is 42.5 Å². The molecule has 2 aliphatic carbocycles. The zero-order valence-corrected chi connectivity index (χ0v) is 16.1. The summed E-state index contributed by atoms with van der Waals surface area (Å²) >= 11 is 0. The van der Waals surface area contributed by atoms with Crippen molar-refractivity contribution in [3.8, 4) is 0 Å². The molecule has 142 valence electrons. The van der Waals surface area contributed by atoms with Crippen molar-refractivity contribution in [1.29, 1.82) is 0 Å². The zero-order chi connectivity index (χ0) is 19.4. The number of nitrogens with zero attached hydrogens (tertiary/aromatic N) is 3. The van der Waals surface area contributed by atoms with E-state index in [-0.39, 0.29) is 35.5 Å². The summed E-state index contributed by atoms with van der Waals surface area (Å²) in [5.41, 5.74) is 4.37. The number of hydrogen-bond acceptors (Lipinski definition) is 3. The van der Waals surface area contributed by atoms with E-state index in [1.807, 2.05) is 25.1 Å². The molecule has 1 aromatic carbocycles. The lowest BCUT2D eigenvalue weighted by molar-refractivity contribution is -0.140. The fourth-order valence-corrected chi connectivity index (χ4v) is 5.09. The van der Waals surface area contributed by atoms with Crippen molar-refractivity contribution >= 4 is 18.0 Å². The number of imide groups is 1. The summed E-state index contributed by atoms with van der Waals surface area (Å²) in [5.74, 6) is -0.261. The Morgan fingerprint density at radius 3 is 2.32 bits per heavy atom. The van der Waals surface area contributed by atoms with Gasteiger partial charge in [0.1, 0.15) is 0 Å². The first-order chi connectivity index (χ1) is 13.5. The van der Waals surface area contributed by atoms with Crippen LogP contribution in [0.5, 0.6) is 0 Å². The van der Waals surface area contributed by atoms with Gasteiger partial charge in [-0.05, 0) is 43.7 Å². The van der Waals surface area contributed by atoms with E-state index >= 15 is 0 Å². The first-order valence-electron chi connectivity index (χ1n) is 9.85. The van der Waals surface area contributed by atoms with Crippen LogP contribution in [0, 0.1) is 37.5 Å². The minimum atomic E-state index is -0.204. The van der Waals surface area contributed by atoms with Crippen molar-refractivity contribution in [2.75, 3.05) is 0 Å². The Kier molecular flexibility index (Phi) is 3.86. The van der Waals surface area contributed by atoms with Crippen LogP contribution in [-0.2, 0) is 16.1 Å². The van der Waals surface area contributed by atoms with Crippen LogP contribution in [0.25, 0.3) is 0 Å². The molecule has 1 saturated heterocycles. The molecular weight excluding hydrogens is 350 g/mol. The largest absolute Gasteiger partial charge is 0.344 e. The molecule has 1 aromatic heterocycles. The SMILES string of the molecule is Cc1cc(C=NN2C(=O)C3C4C=CC(C4)C3C2=O)c(C)n1Cc1ccccc1. The van der Waals surface area contributed by atoms with Gasteiger partial charge in [-0.15, -0.1) is 0 Å². The molecule has 3 aliphatic rings. The van der Waals surface area contributed by atoms with E-state index in [0.29, 0.717) is 0 Å². The van der Waals surface area contributed by atoms with Gasteiger partial charge in [0.05, 0.1) is 18.1 Å². The molecule has 5 rings (SSSR count). The number of hydrazone groups is 1. The van der Waals surface area contributed by atoms with Crippen molar-refractivity contribution in [1.82, 2.24) is 9.58 Å². The number of aromatic nitrogens is 1. The number of benzene rings is 1. The molecule has 4 unspecified atom stereocenters. The molecule has 0 spiro atoms. The van der Waals surface area contributed by atoms with Crippen molar-refractivity contribution in [2.24, 2.45) is 28.8 Å². The van der Waals surface area contributed by atoms with Gasteiger partial charge in [-0.3, -0.25) is 9.59 Å². The van der Waals surface area contributed by atoms with E-state index in [4.69, 9.17) is 0 Å². The van der Waals surface area contributed by atoms with Crippen LogP contribution in [0.4, 0.5) is 0 Å². The Bertz CT molecular complexity index is 988. The third kappa shape index (κ3) is 2.49. The number of allylic oxidation sites excluding steroid dienone is 2. The smallest absolute Gasteiger partial charge is 0.254 e. The standard InChI is InChI=1S/C23H23N3O2/c1-14-10-19(15(2)25(14)13-16-6-4-3-5-7-16)12-24-26-22(27)20-17-8-9-18(11-17)21(20)23(26)28/h3-10,12,17-18,20-21H,11,13H2,1-2H3.